The highest BCUT2D eigenvalue weighted by molar-refractivity contribution is 9.10. The van der Waals surface area contributed by atoms with Gasteiger partial charge >= 0.3 is 0 Å². The zero-order chi connectivity index (χ0) is 15.8. The maximum atomic E-state index is 8.86. The van der Waals surface area contributed by atoms with Gasteiger partial charge in [0.1, 0.15) is 0 Å². The van der Waals surface area contributed by atoms with Crippen LogP contribution in [-0.2, 0) is 13.1 Å². The van der Waals surface area contributed by atoms with Crippen molar-refractivity contribution in [1.29, 1.82) is 5.26 Å². The van der Waals surface area contributed by atoms with Crippen molar-refractivity contribution < 1.29 is 0 Å². The van der Waals surface area contributed by atoms with Crippen molar-refractivity contribution in [3.63, 3.8) is 0 Å². The summed E-state index contributed by atoms with van der Waals surface area (Å²) in [5.41, 5.74) is 2.56. The van der Waals surface area contributed by atoms with Crippen LogP contribution in [0, 0.1) is 11.3 Å². The third kappa shape index (κ3) is 5.92. The first-order chi connectivity index (χ1) is 10.7. The normalized spacial score (nSPS) is 12.1. The highest BCUT2D eigenvalue weighted by Crippen LogP contribution is 2.16. The van der Waals surface area contributed by atoms with E-state index in [4.69, 9.17) is 5.26 Å². The molecule has 0 aromatic heterocycles. The standard InChI is InChI=1S/C18H18Br2N2/c19-17-8-6-16(7-9-17)13-22(14-18(20)10-11-21)12-15-4-2-1-3-5-15/h1-9,18H,10,12-14H2. The fraction of sp³-hybridized carbons (Fsp3) is 0.278. The molecule has 0 bridgehead atoms. The van der Waals surface area contributed by atoms with E-state index in [1.54, 1.807) is 0 Å². The third-order valence-corrected chi connectivity index (χ3v) is 4.48. The second kappa shape index (κ2) is 9.09. The van der Waals surface area contributed by atoms with Gasteiger partial charge in [-0.2, -0.15) is 5.26 Å². The molecule has 0 heterocycles. The second-order valence-corrected chi connectivity index (χ2v) is 7.45. The Kier molecular flexibility index (Phi) is 7.11. The van der Waals surface area contributed by atoms with E-state index in [2.05, 4.69) is 91.4 Å². The van der Waals surface area contributed by atoms with E-state index >= 15 is 0 Å². The van der Waals surface area contributed by atoms with Gasteiger partial charge in [0, 0.05) is 35.4 Å². The predicted octanol–water partition coefficient (Wildman–Crippen LogP) is 5.13. The number of hydrogen-bond donors (Lipinski definition) is 0. The molecule has 0 aliphatic heterocycles. The summed E-state index contributed by atoms with van der Waals surface area (Å²) < 4.78 is 1.09. The lowest BCUT2D eigenvalue weighted by Crippen LogP contribution is -2.29. The van der Waals surface area contributed by atoms with Gasteiger partial charge in [0.2, 0.25) is 0 Å². The molecule has 2 aromatic carbocycles. The Balaban J connectivity index is 2.06. The molecule has 2 rings (SSSR count). The van der Waals surface area contributed by atoms with Crippen LogP contribution in [0.2, 0.25) is 0 Å². The summed E-state index contributed by atoms with van der Waals surface area (Å²) in [4.78, 5) is 2.56. The Morgan fingerprint density at radius 1 is 0.955 bits per heavy atom. The SMILES string of the molecule is N#CCC(Br)CN(Cc1ccccc1)Cc1ccc(Br)cc1. The first-order valence-corrected chi connectivity index (χ1v) is 8.90. The molecular weight excluding hydrogens is 404 g/mol. The van der Waals surface area contributed by atoms with Gasteiger partial charge in [-0.1, -0.05) is 74.3 Å². The fourth-order valence-electron chi connectivity index (χ4n) is 2.32. The van der Waals surface area contributed by atoms with Crippen molar-refractivity contribution in [2.45, 2.75) is 24.3 Å². The lowest BCUT2D eigenvalue weighted by atomic mass is 10.1. The molecular formula is C18H18Br2N2. The zero-order valence-electron chi connectivity index (χ0n) is 12.3. The number of hydrogen-bond acceptors (Lipinski definition) is 2. The molecule has 0 spiro atoms. The molecule has 0 aliphatic carbocycles. The van der Waals surface area contributed by atoms with E-state index in [0.29, 0.717) is 6.42 Å². The van der Waals surface area contributed by atoms with E-state index in [1.807, 2.05) is 6.07 Å². The molecule has 1 unspecified atom stereocenters. The summed E-state index contributed by atoms with van der Waals surface area (Å²) in [6.07, 6.45) is 0.519. The fourth-order valence-corrected chi connectivity index (χ4v) is 3.14. The minimum atomic E-state index is 0.191. The second-order valence-electron chi connectivity index (χ2n) is 5.24. The number of nitrogens with zero attached hydrogens (tertiary/aromatic N) is 2. The van der Waals surface area contributed by atoms with Crippen LogP contribution in [0.1, 0.15) is 17.5 Å². The summed E-state index contributed by atoms with van der Waals surface area (Å²) in [6, 6.07) is 21.1. The van der Waals surface area contributed by atoms with Crippen LogP contribution in [0.15, 0.2) is 59.1 Å². The van der Waals surface area contributed by atoms with Gasteiger partial charge < -0.3 is 0 Å². The van der Waals surface area contributed by atoms with E-state index in [0.717, 1.165) is 24.1 Å². The van der Waals surface area contributed by atoms with Gasteiger partial charge in [-0.25, -0.2) is 0 Å². The van der Waals surface area contributed by atoms with Crippen molar-refractivity contribution in [2.24, 2.45) is 0 Å². The highest BCUT2D eigenvalue weighted by atomic mass is 79.9. The molecule has 0 amide bonds. The van der Waals surface area contributed by atoms with Gasteiger partial charge in [0.25, 0.3) is 0 Å². The summed E-state index contributed by atoms with van der Waals surface area (Å²) >= 11 is 7.07. The van der Waals surface area contributed by atoms with Crippen LogP contribution in [0.4, 0.5) is 0 Å². The van der Waals surface area contributed by atoms with Gasteiger partial charge in [-0.15, -0.1) is 0 Å². The molecule has 114 valence electrons. The third-order valence-electron chi connectivity index (χ3n) is 3.34. The number of halogens is 2. The molecule has 2 nitrogen and oxygen atoms in total. The van der Waals surface area contributed by atoms with Crippen molar-refractivity contribution in [3.05, 3.63) is 70.2 Å². The number of rotatable bonds is 7. The van der Waals surface area contributed by atoms with Crippen molar-refractivity contribution in [3.8, 4) is 6.07 Å². The minimum Gasteiger partial charge on any atom is -0.294 e. The molecule has 0 N–H and O–H groups in total. The Bertz CT molecular complexity index is 605. The Morgan fingerprint density at radius 3 is 2.14 bits per heavy atom. The number of alkyl halides is 1. The Morgan fingerprint density at radius 2 is 1.55 bits per heavy atom. The first kappa shape index (κ1) is 17.2. The first-order valence-electron chi connectivity index (χ1n) is 7.19. The summed E-state index contributed by atoms with van der Waals surface area (Å²) in [5.74, 6) is 0. The van der Waals surface area contributed by atoms with Crippen LogP contribution >= 0.6 is 31.9 Å². The van der Waals surface area contributed by atoms with Crippen LogP contribution in [0.3, 0.4) is 0 Å². The monoisotopic (exact) mass is 420 g/mol. The largest absolute Gasteiger partial charge is 0.294 e. The zero-order valence-corrected chi connectivity index (χ0v) is 15.4. The molecule has 0 fully saturated rings. The number of nitriles is 1. The van der Waals surface area contributed by atoms with E-state index in [9.17, 15) is 0 Å². The molecule has 2 aromatic rings. The Labute approximate surface area is 149 Å². The molecule has 0 saturated heterocycles. The summed E-state index contributed by atoms with van der Waals surface area (Å²) in [7, 11) is 0. The molecule has 0 radical (unpaired) electrons. The smallest absolute Gasteiger partial charge is 0.0634 e. The van der Waals surface area contributed by atoms with E-state index < -0.39 is 0 Å². The van der Waals surface area contributed by atoms with Crippen molar-refractivity contribution in [1.82, 2.24) is 4.90 Å². The highest BCUT2D eigenvalue weighted by Gasteiger charge is 2.12. The topological polar surface area (TPSA) is 27.0 Å². The van der Waals surface area contributed by atoms with E-state index in [-0.39, 0.29) is 4.83 Å². The van der Waals surface area contributed by atoms with Gasteiger partial charge in [0.15, 0.2) is 0 Å². The van der Waals surface area contributed by atoms with Crippen LogP contribution in [0.25, 0.3) is 0 Å². The summed E-state index contributed by atoms with van der Waals surface area (Å²) in [6.45, 7) is 2.60. The average Bonchev–Trinajstić information content (AvgIpc) is 2.51. The quantitative estimate of drug-likeness (QED) is 0.579. The maximum absolute atomic E-state index is 8.86. The predicted molar refractivity (Wildman–Crippen MR) is 97.6 cm³/mol. The van der Waals surface area contributed by atoms with Crippen LogP contribution < -0.4 is 0 Å². The molecule has 1 atom stereocenters. The maximum Gasteiger partial charge on any atom is 0.0634 e. The Hall–Kier alpha value is -1.15. The summed E-state index contributed by atoms with van der Waals surface area (Å²) in [5, 5.41) is 8.86. The van der Waals surface area contributed by atoms with Gasteiger partial charge in [-0.05, 0) is 23.3 Å². The lowest BCUT2D eigenvalue weighted by molar-refractivity contribution is 0.259. The number of benzene rings is 2. The van der Waals surface area contributed by atoms with Gasteiger partial charge in [-0.3, -0.25) is 4.90 Å². The average molecular weight is 422 g/mol. The minimum absolute atomic E-state index is 0.191. The van der Waals surface area contributed by atoms with Crippen molar-refractivity contribution >= 4 is 31.9 Å². The molecule has 22 heavy (non-hydrogen) atoms. The van der Waals surface area contributed by atoms with Crippen molar-refractivity contribution in [2.75, 3.05) is 6.54 Å². The van der Waals surface area contributed by atoms with E-state index in [1.165, 1.54) is 11.1 Å². The van der Waals surface area contributed by atoms with Crippen LogP contribution in [0.5, 0.6) is 0 Å². The molecule has 0 saturated carbocycles. The molecule has 4 heteroatoms. The lowest BCUT2D eigenvalue weighted by Gasteiger charge is -2.24. The molecule has 0 aliphatic rings. The van der Waals surface area contributed by atoms with Crippen LogP contribution in [-0.4, -0.2) is 16.3 Å². The van der Waals surface area contributed by atoms with Gasteiger partial charge in [0.05, 0.1) is 6.07 Å².